The Morgan fingerprint density at radius 1 is 1.70 bits per heavy atom. The Labute approximate surface area is 60.1 Å². The molecule has 0 bridgehead atoms. The molecule has 1 rings (SSSR count). The fraction of sp³-hybridized carbons (Fsp3) is 0.111. The molecule has 1 nitrogen and oxygen atoms in total. The smallest absolute Gasteiger partial charge is 0.128 e. The maximum absolute atomic E-state index is 10.2. The van der Waals surface area contributed by atoms with Crippen molar-refractivity contribution in [3.05, 3.63) is 42.0 Å². The molecule has 0 aliphatic heterocycles. The molecule has 1 aliphatic carbocycles. The van der Waals surface area contributed by atoms with E-state index < -0.39 is 0 Å². The molecule has 0 amide bonds. The van der Waals surface area contributed by atoms with Gasteiger partial charge in [0.25, 0.3) is 0 Å². The van der Waals surface area contributed by atoms with Crippen LogP contribution < -0.4 is 0 Å². The van der Waals surface area contributed by atoms with Crippen molar-refractivity contribution in [3.8, 4) is 0 Å². The normalized spacial score (nSPS) is 16.0. The van der Waals surface area contributed by atoms with Crippen molar-refractivity contribution in [2.75, 3.05) is 0 Å². The van der Waals surface area contributed by atoms with Gasteiger partial charge in [0, 0.05) is 12.0 Å². The van der Waals surface area contributed by atoms with Gasteiger partial charge in [-0.2, -0.15) is 0 Å². The first-order valence-corrected chi connectivity index (χ1v) is 3.12. The van der Waals surface area contributed by atoms with Crippen molar-refractivity contribution in [1.82, 2.24) is 0 Å². The molecule has 10 heavy (non-hydrogen) atoms. The molecule has 0 aromatic heterocycles. The lowest BCUT2D eigenvalue weighted by molar-refractivity contribution is 0.567. The minimum absolute atomic E-state index is 0.682. The van der Waals surface area contributed by atoms with Gasteiger partial charge in [0.05, 0.1) is 0 Å². The van der Waals surface area contributed by atoms with Gasteiger partial charge in [-0.1, -0.05) is 30.9 Å². The Morgan fingerprint density at radius 2 is 2.50 bits per heavy atom. The van der Waals surface area contributed by atoms with Gasteiger partial charge >= 0.3 is 0 Å². The van der Waals surface area contributed by atoms with Crippen LogP contribution in [-0.4, -0.2) is 5.94 Å². The van der Waals surface area contributed by atoms with Gasteiger partial charge in [0.1, 0.15) is 5.94 Å². The van der Waals surface area contributed by atoms with Crippen LogP contribution in [0.2, 0.25) is 0 Å². The van der Waals surface area contributed by atoms with Crippen LogP contribution in [-0.2, 0) is 4.79 Å². The molecule has 0 heterocycles. The average Bonchev–Trinajstić information content (AvgIpc) is 2.04. The minimum Gasteiger partial charge on any atom is -0.233 e. The maximum atomic E-state index is 10.2. The molecular formula is C9H8O. The van der Waals surface area contributed by atoms with Crippen molar-refractivity contribution in [2.24, 2.45) is 0 Å². The molecule has 0 saturated carbocycles. The van der Waals surface area contributed by atoms with Crippen LogP contribution in [0.4, 0.5) is 0 Å². The van der Waals surface area contributed by atoms with Crippen molar-refractivity contribution >= 4 is 5.94 Å². The second-order valence-corrected chi connectivity index (χ2v) is 2.04. The van der Waals surface area contributed by atoms with Gasteiger partial charge < -0.3 is 0 Å². The van der Waals surface area contributed by atoms with E-state index in [9.17, 15) is 4.79 Å². The van der Waals surface area contributed by atoms with Crippen molar-refractivity contribution in [3.63, 3.8) is 0 Å². The Bertz CT molecular complexity index is 250. The first kappa shape index (κ1) is 6.79. The number of hydrogen-bond acceptors (Lipinski definition) is 1. The first-order valence-electron chi connectivity index (χ1n) is 3.12. The minimum atomic E-state index is 0.682. The van der Waals surface area contributed by atoms with Crippen molar-refractivity contribution < 1.29 is 4.79 Å². The molecule has 0 atom stereocenters. The van der Waals surface area contributed by atoms with E-state index in [0.717, 1.165) is 5.57 Å². The molecule has 0 fully saturated rings. The Hall–Kier alpha value is -1.33. The summed E-state index contributed by atoms with van der Waals surface area (Å²) in [5.74, 6) is 1.88. The predicted molar refractivity (Wildman–Crippen MR) is 41.2 cm³/mol. The quantitative estimate of drug-likeness (QED) is 0.497. The molecule has 0 saturated heterocycles. The average molecular weight is 132 g/mol. The topological polar surface area (TPSA) is 17.1 Å². The van der Waals surface area contributed by atoms with E-state index in [2.05, 4.69) is 6.58 Å². The molecule has 1 aliphatic rings. The molecule has 1 heteroatoms. The summed E-state index contributed by atoms with van der Waals surface area (Å²) in [4.78, 5) is 10.2. The van der Waals surface area contributed by atoms with Gasteiger partial charge in [-0.25, -0.2) is 4.79 Å². The van der Waals surface area contributed by atoms with Gasteiger partial charge in [0.15, 0.2) is 0 Å². The lowest BCUT2D eigenvalue weighted by atomic mass is 10.0. The lowest BCUT2D eigenvalue weighted by Gasteiger charge is -2.03. The second-order valence-electron chi connectivity index (χ2n) is 2.04. The summed E-state index contributed by atoms with van der Waals surface area (Å²) in [6.07, 6.45) is 8.05. The number of carbonyl (C=O) groups excluding carboxylic acids is 1. The van der Waals surface area contributed by atoms with E-state index in [0.29, 0.717) is 12.0 Å². The zero-order valence-electron chi connectivity index (χ0n) is 5.63. The van der Waals surface area contributed by atoms with E-state index in [1.165, 1.54) is 0 Å². The van der Waals surface area contributed by atoms with E-state index >= 15 is 0 Å². The molecular weight excluding hydrogens is 124 g/mol. The molecule has 0 radical (unpaired) electrons. The highest BCUT2D eigenvalue weighted by molar-refractivity contribution is 5.65. The van der Waals surface area contributed by atoms with Crippen LogP contribution in [0.3, 0.4) is 0 Å². The molecule has 50 valence electrons. The number of rotatable bonds is 1. The fourth-order valence-electron chi connectivity index (χ4n) is 0.868. The summed E-state index contributed by atoms with van der Waals surface area (Å²) in [6.45, 7) is 3.58. The third-order valence-corrected chi connectivity index (χ3v) is 1.43. The highest BCUT2D eigenvalue weighted by Crippen LogP contribution is 2.16. The third kappa shape index (κ3) is 1.15. The van der Waals surface area contributed by atoms with Crippen LogP contribution in [0, 0.1) is 0 Å². The van der Waals surface area contributed by atoms with E-state index in [1.807, 2.05) is 24.2 Å². The van der Waals surface area contributed by atoms with Gasteiger partial charge in [0.2, 0.25) is 0 Å². The van der Waals surface area contributed by atoms with Crippen LogP contribution in [0.5, 0.6) is 0 Å². The van der Waals surface area contributed by atoms with Gasteiger partial charge in [-0.3, -0.25) is 0 Å². The highest BCUT2D eigenvalue weighted by atomic mass is 16.1. The summed E-state index contributed by atoms with van der Waals surface area (Å²) in [7, 11) is 0. The van der Waals surface area contributed by atoms with Crippen LogP contribution in [0.25, 0.3) is 0 Å². The summed E-state index contributed by atoms with van der Waals surface area (Å²) in [5, 5.41) is 0. The lowest BCUT2D eigenvalue weighted by Crippen LogP contribution is -1.89. The van der Waals surface area contributed by atoms with Crippen molar-refractivity contribution in [2.45, 2.75) is 6.42 Å². The molecule has 0 N–H and O–H groups in total. The van der Waals surface area contributed by atoms with Gasteiger partial charge in [-0.15, -0.1) is 0 Å². The summed E-state index contributed by atoms with van der Waals surface area (Å²) >= 11 is 0. The van der Waals surface area contributed by atoms with Crippen molar-refractivity contribution in [1.29, 1.82) is 0 Å². The largest absolute Gasteiger partial charge is 0.233 e. The van der Waals surface area contributed by atoms with E-state index in [-0.39, 0.29) is 0 Å². The SMILES string of the molecule is C=CC1=CC=CCC1=C=O. The second kappa shape index (κ2) is 3.00. The molecule has 0 aromatic carbocycles. The molecule has 0 spiro atoms. The Kier molecular flexibility index (Phi) is 2.03. The predicted octanol–water partition coefficient (Wildman–Crippen LogP) is 1.82. The van der Waals surface area contributed by atoms with E-state index in [4.69, 9.17) is 0 Å². The molecule has 0 aromatic rings. The maximum Gasteiger partial charge on any atom is 0.128 e. The highest BCUT2D eigenvalue weighted by Gasteiger charge is 2.02. The third-order valence-electron chi connectivity index (χ3n) is 1.43. The van der Waals surface area contributed by atoms with E-state index in [1.54, 1.807) is 6.08 Å². The Morgan fingerprint density at radius 3 is 3.00 bits per heavy atom. The summed E-state index contributed by atoms with van der Waals surface area (Å²) in [5.41, 5.74) is 1.58. The zero-order valence-corrected chi connectivity index (χ0v) is 5.63. The van der Waals surface area contributed by atoms with Gasteiger partial charge in [-0.05, 0) is 5.57 Å². The van der Waals surface area contributed by atoms with Crippen LogP contribution >= 0.6 is 0 Å². The standard InChI is InChI=1S/C9H8O/c1-2-8-5-3-4-6-9(8)7-10/h2-5H,1,6H2. The monoisotopic (exact) mass is 132 g/mol. The van der Waals surface area contributed by atoms with Crippen LogP contribution in [0.15, 0.2) is 42.0 Å². The first-order chi connectivity index (χ1) is 4.88. The molecule has 0 unspecified atom stereocenters. The van der Waals surface area contributed by atoms with Crippen LogP contribution in [0.1, 0.15) is 6.42 Å². The zero-order chi connectivity index (χ0) is 7.40. The fourth-order valence-corrected chi connectivity index (χ4v) is 0.868. The summed E-state index contributed by atoms with van der Waals surface area (Å²) < 4.78 is 0. The summed E-state index contributed by atoms with van der Waals surface area (Å²) in [6, 6.07) is 0. The number of hydrogen-bond donors (Lipinski definition) is 0. The number of allylic oxidation sites excluding steroid dienone is 6. The Balaban J connectivity index is 3.02.